The van der Waals surface area contributed by atoms with Crippen LogP contribution in [0.1, 0.15) is 101 Å². The van der Waals surface area contributed by atoms with E-state index < -0.39 is 0 Å². The predicted molar refractivity (Wildman–Crippen MR) is 146 cm³/mol. The first-order valence-corrected chi connectivity index (χ1v) is 15.0. The van der Waals surface area contributed by atoms with Crippen molar-refractivity contribution in [2.45, 2.75) is 109 Å². The molecule has 4 fully saturated rings. The molecule has 8 unspecified atom stereocenters. The van der Waals surface area contributed by atoms with Gasteiger partial charge in [0.2, 0.25) is 0 Å². The molecule has 5 aliphatic rings. The van der Waals surface area contributed by atoms with E-state index in [9.17, 15) is 5.26 Å². The molecule has 4 nitrogen and oxygen atoms in total. The van der Waals surface area contributed by atoms with Crippen LogP contribution in [0.25, 0.3) is 0 Å². The minimum atomic E-state index is 0.0309. The van der Waals surface area contributed by atoms with Crippen molar-refractivity contribution in [3.8, 4) is 6.19 Å². The van der Waals surface area contributed by atoms with E-state index in [2.05, 4.69) is 57.2 Å². The van der Waals surface area contributed by atoms with Crippen molar-refractivity contribution in [3.63, 3.8) is 0 Å². The van der Waals surface area contributed by atoms with Crippen LogP contribution in [0.15, 0.2) is 18.2 Å². The minimum absolute atomic E-state index is 0.0309. The highest BCUT2D eigenvalue weighted by Gasteiger charge is 2.64. The Morgan fingerprint density at radius 1 is 1.06 bits per heavy atom. The van der Waals surface area contributed by atoms with Gasteiger partial charge in [-0.05, 0) is 136 Å². The molecule has 1 aromatic rings. The number of nitriles is 1. The maximum atomic E-state index is 9.45. The van der Waals surface area contributed by atoms with Gasteiger partial charge in [-0.1, -0.05) is 32.0 Å². The van der Waals surface area contributed by atoms with Crippen LogP contribution in [0.5, 0.6) is 0 Å². The van der Waals surface area contributed by atoms with E-state index in [1.807, 2.05) is 4.90 Å². The lowest BCUT2D eigenvalue weighted by molar-refractivity contribution is -0.126. The maximum Gasteiger partial charge on any atom is 0.179 e. The van der Waals surface area contributed by atoms with Crippen molar-refractivity contribution in [1.82, 2.24) is 9.80 Å². The molecule has 6 rings (SSSR count). The van der Waals surface area contributed by atoms with Gasteiger partial charge in [-0.25, -0.2) is 0 Å². The Labute approximate surface area is 219 Å². The molecular formula is C32H48N4. The molecule has 4 heteroatoms. The van der Waals surface area contributed by atoms with Crippen molar-refractivity contribution < 1.29 is 0 Å². The average molecular weight is 489 g/mol. The first kappa shape index (κ1) is 24.7. The van der Waals surface area contributed by atoms with Crippen LogP contribution in [0, 0.1) is 40.0 Å². The summed E-state index contributed by atoms with van der Waals surface area (Å²) in [5.74, 6) is 2.98. The van der Waals surface area contributed by atoms with Gasteiger partial charge in [-0.3, -0.25) is 0 Å². The van der Waals surface area contributed by atoms with Crippen molar-refractivity contribution in [2.24, 2.45) is 34.3 Å². The number of hydrogen-bond donors (Lipinski definition) is 1. The Morgan fingerprint density at radius 2 is 1.89 bits per heavy atom. The van der Waals surface area contributed by atoms with Crippen LogP contribution in [0.3, 0.4) is 0 Å². The molecule has 1 aromatic carbocycles. The third-order valence-electron chi connectivity index (χ3n) is 12.8. The molecule has 4 aliphatic carbocycles. The summed E-state index contributed by atoms with van der Waals surface area (Å²) in [6.07, 6.45) is 16.5. The van der Waals surface area contributed by atoms with Crippen molar-refractivity contribution >= 4 is 0 Å². The second-order valence-electron chi connectivity index (χ2n) is 13.9. The van der Waals surface area contributed by atoms with E-state index in [0.717, 1.165) is 31.3 Å². The Balaban J connectivity index is 1.27. The first-order valence-electron chi connectivity index (χ1n) is 15.0. The van der Waals surface area contributed by atoms with E-state index >= 15 is 0 Å². The van der Waals surface area contributed by atoms with E-state index in [-0.39, 0.29) is 5.54 Å². The van der Waals surface area contributed by atoms with Gasteiger partial charge < -0.3 is 15.5 Å². The summed E-state index contributed by atoms with van der Waals surface area (Å²) in [6.45, 7) is 6.73. The van der Waals surface area contributed by atoms with E-state index in [1.165, 1.54) is 75.3 Å². The van der Waals surface area contributed by atoms with E-state index in [4.69, 9.17) is 5.73 Å². The lowest BCUT2D eigenvalue weighted by Gasteiger charge is -2.66. The average Bonchev–Trinajstić information content (AvgIpc) is 3.24. The Kier molecular flexibility index (Phi) is 6.01. The summed E-state index contributed by atoms with van der Waals surface area (Å²) in [6, 6.07) is 8.01. The summed E-state index contributed by atoms with van der Waals surface area (Å²) >= 11 is 0. The third-order valence-corrected chi connectivity index (χ3v) is 12.8. The number of benzene rings is 1. The minimum Gasteiger partial charge on any atom is -0.324 e. The fourth-order valence-corrected chi connectivity index (χ4v) is 10.6. The molecule has 0 radical (unpaired) electrons. The van der Waals surface area contributed by atoms with Gasteiger partial charge in [0.25, 0.3) is 0 Å². The number of rotatable bonds is 3. The lowest BCUT2D eigenvalue weighted by Crippen LogP contribution is -2.69. The molecule has 0 aromatic heterocycles. The zero-order chi connectivity index (χ0) is 25.3. The standard InChI is InChI=1S/C32H48N4/c1-5-31-15-11-26-28-9-8-27(23-7-6-22-13-17-36(21-33)20-24(22)18-23)30(28,2)14-12-29(26)32(31,34)16-10-25(19-31)35(3)4/h6-7,18,25-29H,5,8-17,19-20,34H2,1-4H3. The van der Waals surface area contributed by atoms with Gasteiger partial charge in [0.05, 0.1) is 6.54 Å². The van der Waals surface area contributed by atoms with Crippen LogP contribution in [0.2, 0.25) is 0 Å². The van der Waals surface area contributed by atoms with Crippen molar-refractivity contribution in [2.75, 3.05) is 20.6 Å². The molecule has 0 spiro atoms. The lowest BCUT2D eigenvalue weighted by atomic mass is 9.42. The second-order valence-corrected chi connectivity index (χ2v) is 13.9. The summed E-state index contributed by atoms with van der Waals surface area (Å²) in [4.78, 5) is 4.39. The second kappa shape index (κ2) is 8.74. The number of hydrogen-bond acceptors (Lipinski definition) is 4. The Hall–Kier alpha value is -1.57. The molecule has 0 bridgehead atoms. The van der Waals surface area contributed by atoms with Gasteiger partial charge in [0, 0.05) is 18.1 Å². The summed E-state index contributed by atoms with van der Waals surface area (Å²) in [7, 11) is 4.54. The molecule has 8 atom stereocenters. The Bertz CT molecular complexity index is 1040. The molecule has 0 amide bonds. The number of fused-ring (bicyclic) bond motifs is 6. The zero-order valence-electron chi connectivity index (χ0n) is 23.2. The first-order chi connectivity index (χ1) is 17.2. The molecule has 2 N–H and O–H groups in total. The van der Waals surface area contributed by atoms with Crippen LogP contribution < -0.4 is 5.73 Å². The predicted octanol–water partition coefficient (Wildman–Crippen LogP) is 6.05. The number of nitrogens with two attached hydrogens (primary N) is 1. The summed E-state index contributed by atoms with van der Waals surface area (Å²) < 4.78 is 0. The highest BCUT2D eigenvalue weighted by molar-refractivity contribution is 5.37. The molecule has 1 aliphatic heterocycles. The molecular weight excluding hydrogens is 440 g/mol. The molecule has 1 heterocycles. The van der Waals surface area contributed by atoms with Gasteiger partial charge >= 0.3 is 0 Å². The molecule has 196 valence electrons. The zero-order valence-corrected chi connectivity index (χ0v) is 23.2. The van der Waals surface area contributed by atoms with Crippen LogP contribution in [0.4, 0.5) is 0 Å². The van der Waals surface area contributed by atoms with Crippen LogP contribution in [-0.4, -0.2) is 42.0 Å². The third kappa shape index (κ3) is 3.45. The molecule has 36 heavy (non-hydrogen) atoms. The fourth-order valence-electron chi connectivity index (χ4n) is 10.6. The topological polar surface area (TPSA) is 56.3 Å². The largest absolute Gasteiger partial charge is 0.324 e. The van der Waals surface area contributed by atoms with E-state index in [0.29, 0.717) is 28.7 Å². The van der Waals surface area contributed by atoms with Gasteiger partial charge in [-0.15, -0.1) is 0 Å². The SMILES string of the molecule is CCC12CCC3C4CCC(c5ccc6c(c5)CN(C#N)CC6)C4(C)CCC3C1(N)CCC(N(C)C)C2. The molecule has 0 saturated heterocycles. The van der Waals surface area contributed by atoms with Crippen molar-refractivity contribution in [3.05, 3.63) is 34.9 Å². The van der Waals surface area contributed by atoms with Crippen molar-refractivity contribution in [1.29, 1.82) is 5.26 Å². The van der Waals surface area contributed by atoms with E-state index in [1.54, 1.807) is 5.56 Å². The normalized spacial score (nSPS) is 43.8. The smallest absolute Gasteiger partial charge is 0.179 e. The van der Waals surface area contributed by atoms with Gasteiger partial charge in [0.15, 0.2) is 6.19 Å². The maximum absolute atomic E-state index is 9.45. The quantitative estimate of drug-likeness (QED) is 0.526. The van der Waals surface area contributed by atoms with Gasteiger partial charge in [-0.2, -0.15) is 5.26 Å². The fraction of sp³-hybridized carbons (Fsp3) is 0.781. The highest BCUT2D eigenvalue weighted by atomic mass is 15.1. The van der Waals surface area contributed by atoms with Gasteiger partial charge in [0.1, 0.15) is 0 Å². The summed E-state index contributed by atoms with van der Waals surface area (Å²) in [5.41, 5.74) is 12.8. The summed E-state index contributed by atoms with van der Waals surface area (Å²) in [5, 5.41) is 9.45. The Morgan fingerprint density at radius 3 is 2.64 bits per heavy atom. The highest BCUT2D eigenvalue weighted by Crippen LogP contribution is 2.69. The van der Waals surface area contributed by atoms with Crippen LogP contribution in [-0.2, 0) is 13.0 Å². The van der Waals surface area contributed by atoms with Crippen LogP contribution >= 0.6 is 0 Å². The molecule has 4 saturated carbocycles. The monoisotopic (exact) mass is 488 g/mol. The number of nitrogens with zero attached hydrogens (tertiary/aromatic N) is 3.